The van der Waals surface area contributed by atoms with E-state index in [0.717, 1.165) is 16.7 Å². The quantitative estimate of drug-likeness (QED) is 0.348. The minimum atomic E-state index is -0.675. The molecule has 0 fully saturated rings. The molecule has 9 heteroatoms. The van der Waals surface area contributed by atoms with Crippen LogP contribution < -0.4 is 16.3 Å². The van der Waals surface area contributed by atoms with E-state index >= 15 is 0 Å². The number of benzene rings is 2. The van der Waals surface area contributed by atoms with E-state index < -0.39 is 6.09 Å². The molecular weight excluding hydrogens is 408 g/mol. The monoisotopic (exact) mass is 431 g/mol. The number of nitrogens with one attached hydrogen (secondary N) is 1. The zero-order chi connectivity index (χ0) is 22.5. The summed E-state index contributed by atoms with van der Waals surface area (Å²) in [4.78, 5) is 32.7. The lowest BCUT2D eigenvalue weighted by atomic mass is 10.0. The normalized spacial score (nSPS) is 10.8. The number of carbonyl (C=O) groups is 1. The van der Waals surface area contributed by atoms with Crippen LogP contribution in [0.3, 0.4) is 0 Å². The van der Waals surface area contributed by atoms with E-state index in [2.05, 4.69) is 39.6 Å². The van der Waals surface area contributed by atoms with Crippen LogP contribution in [0.25, 0.3) is 22.3 Å². The third-order valence-corrected chi connectivity index (χ3v) is 4.99. The molecule has 1 amide bonds. The maximum absolute atomic E-state index is 12.5. The number of rotatable bonds is 6. The van der Waals surface area contributed by atoms with Crippen LogP contribution in [0.1, 0.15) is 5.56 Å². The summed E-state index contributed by atoms with van der Waals surface area (Å²) in [7, 11) is 1.70. The van der Waals surface area contributed by atoms with Gasteiger partial charge in [-0.3, -0.25) is 9.36 Å². The van der Waals surface area contributed by atoms with Crippen LogP contribution in [0.5, 0.6) is 0 Å². The number of ether oxygens (including phenoxy) is 1. The standard InChI is InChI=1S/C23H22N6O3/c1-28-14-26-21-20(28)22(30)29(15-27-21)13-19(24)32-23(31)25-12-11-16-7-9-18(10-8-16)17-5-3-2-4-6-17/h2-10,14-15,24H,11-13H2,1H3,(H,25,31)/p+1. The Hall–Kier alpha value is -4.27. The third-order valence-electron chi connectivity index (χ3n) is 4.99. The first kappa shape index (κ1) is 21.0. The molecule has 162 valence electrons. The highest BCUT2D eigenvalue weighted by Crippen LogP contribution is 2.19. The molecule has 4 aromatic rings. The number of fused-ring (bicyclic) bond motifs is 1. The second-order valence-electron chi connectivity index (χ2n) is 7.30. The second kappa shape index (κ2) is 9.25. The topological polar surface area (TPSA) is 117 Å². The SMILES string of the molecule is Cn1cnc2ncn(CC(=[NH2+])OC(=O)NCCc3ccc(-c4ccccc4)cc3)c(=O)c21. The molecule has 0 spiro atoms. The van der Waals surface area contributed by atoms with Gasteiger partial charge in [-0.25, -0.2) is 20.2 Å². The zero-order valence-electron chi connectivity index (χ0n) is 17.6. The predicted molar refractivity (Wildman–Crippen MR) is 120 cm³/mol. The third kappa shape index (κ3) is 4.72. The van der Waals surface area contributed by atoms with Gasteiger partial charge in [0.15, 0.2) is 11.2 Å². The molecule has 0 aliphatic rings. The Bertz CT molecular complexity index is 1310. The molecule has 2 aromatic carbocycles. The van der Waals surface area contributed by atoms with Gasteiger partial charge >= 0.3 is 12.0 Å². The van der Waals surface area contributed by atoms with Gasteiger partial charge in [-0.15, -0.1) is 0 Å². The molecule has 2 heterocycles. The number of hydrogen-bond donors (Lipinski definition) is 2. The summed E-state index contributed by atoms with van der Waals surface area (Å²) in [5.41, 5.74) is 3.76. The van der Waals surface area contributed by atoms with Crippen LogP contribution in [0.4, 0.5) is 4.79 Å². The maximum Gasteiger partial charge on any atom is 0.416 e. The van der Waals surface area contributed by atoms with E-state index in [1.54, 1.807) is 11.6 Å². The molecule has 3 N–H and O–H groups in total. The van der Waals surface area contributed by atoms with Crippen molar-refractivity contribution in [2.45, 2.75) is 13.0 Å². The van der Waals surface area contributed by atoms with Gasteiger partial charge in [0.2, 0.25) is 0 Å². The first-order chi connectivity index (χ1) is 15.5. The van der Waals surface area contributed by atoms with Gasteiger partial charge in [0.25, 0.3) is 5.56 Å². The Balaban J connectivity index is 1.26. The maximum atomic E-state index is 12.5. The Morgan fingerprint density at radius 2 is 1.72 bits per heavy atom. The number of imidazole rings is 1. The number of aromatic nitrogens is 4. The molecule has 0 unspecified atom stereocenters. The molecule has 0 saturated carbocycles. The smallest absolute Gasteiger partial charge is 0.356 e. The van der Waals surface area contributed by atoms with E-state index in [1.807, 2.05) is 30.3 Å². The van der Waals surface area contributed by atoms with Crippen molar-refractivity contribution in [3.05, 3.63) is 83.2 Å². The van der Waals surface area contributed by atoms with E-state index in [4.69, 9.17) is 10.1 Å². The van der Waals surface area contributed by atoms with Gasteiger partial charge in [-0.1, -0.05) is 54.6 Å². The highest BCUT2D eigenvalue weighted by molar-refractivity contribution is 5.84. The van der Waals surface area contributed by atoms with Crippen LogP contribution in [0, 0.1) is 0 Å². The molecule has 9 nitrogen and oxygen atoms in total. The van der Waals surface area contributed by atoms with Crippen molar-refractivity contribution in [1.29, 1.82) is 0 Å². The summed E-state index contributed by atoms with van der Waals surface area (Å²) in [6.45, 7) is 0.292. The van der Waals surface area contributed by atoms with Gasteiger partial charge in [0.1, 0.15) is 12.9 Å². The molecule has 0 saturated heterocycles. The van der Waals surface area contributed by atoms with Gasteiger partial charge in [-0.2, -0.15) is 0 Å². The minimum Gasteiger partial charge on any atom is -0.356 e. The van der Waals surface area contributed by atoms with Gasteiger partial charge in [-0.05, 0) is 23.1 Å². The lowest BCUT2D eigenvalue weighted by molar-refractivity contribution is -0.138. The summed E-state index contributed by atoms with van der Waals surface area (Å²) in [6.07, 6.45) is 2.80. The fraction of sp³-hybridized carbons (Fsp3) is 0.174. The first-order valence-corrected chi connectivity index (χ1v) is 10.1. The number of nitrogens with two attached hydrogens (primary N) is 1. The van der Waals surface area contributed by atoms with Crippen LogP contribution in [-0.2, 0) is 24.8 Å². The summed E-state index contributed by atoms with van der Waals surface area (Å²) in [5, 5.41) is 8.48. The lowest BCUT2D eigenvalue weighted by Crippen LogP contribution is -2.48. The fourth-order valence-corrected chi connectivity index (χ4v) is 3.34. The van der Waals surface area contributed by atoms with Crippen molar-refractivity contribution in [1.82, 2.24) is 24.4 Å². The predicted octanol–water partition coefficient (Wildman–Crippen LogP) is 0.923. The summed E-state index contributed by atoms with van der Waals surface area (Å²) in [5.74, 6) is -0.111. The molecule has 4 rings (SSSR count). The van der Waals surface area contributed by atoms with E-state index in [-0.39, 0.29) is 18.0 Å². The van der Waals surface area contributed by atoms with Crippen molar-refractivity contribution in [3.63, 3.8) is 0 Å². The zero-order valence-corrected chi connectivity index (χ0v) is 17.6. The summed E-state index contributed by atoms with van der Waals surface area (Å²) >= 11 is 0. The number of nitrogens with zero attached hydrogens (tertiary/aromatic N) is 4. The molecule has 0 atom stereocenters. The average Bonchev–Trinajstić information content (AvgIpc) is 3.18. The van der Waals surface area contributed by atoms with E-state index in [1.165, 1.54) is 17.2 Å². The molecule has 0 aliphatic heterocycles. The number of hydrogen-bond acceptors (Lipinski definition) is 5. The number of amides is 1. The average molecular weight is 431 g/mol. The number of aryl methyl sites for hydroxylation is 1. The van der Waals surface area contributed by atoms with Crippen LogP contribution in [0.2, 0.25) is 0 Å². The van der Waals surface area contributed by atoms with Gasteiger partial charge in [0.05, 0.1) is 6.33 Å². The Morgan fingerprint density at radius 1 is 1.03 bits per heavy atom. The van der Waals surface area contributed by atoms with Crippen LogP contribution in [-0.4, -0.2) is 37.6 Å². The van der Waals surface area contributed by atoms with Crippen LogP contribution in [0.15, 0.2) is 72.0 Å². The summed E-state index contributed by atoms with van der Waals surface area (Å²) in [6, 6.07) is 18.3. The van der Waals surface area contributed by atoms with Crippen LogP contribution >= 0.6 is 0 Å². The van der Waals surface area contributed by atoms with Crippen molar-refractivity contribution in [2.24, 2.45) is 7.05 Å². The van der Waals surface area contributed by atoms with Crippen molar-refractivity contribution < 1.29 is 14.9 Å². The van der Waals surface area contributed by atoms with Crippen molar-refractivity contribution in [3.8, 4) is 11.1 Å². The highest BCUT2D eigenvalue weighted by Gasteiger charge is 2.15. The van der Waals surface area contributed by atoms with Crippen molar-refractivity contribution >= 4 is 23.2 Å². The van der Waals surface area contributed by atoms with E-state index in [9.17, 15) is 9.59 Å². The molecule has 0 bridgehead atoms. The molecule has 0 radical (unpaired) electrons. The highest BCUT2D eigenvalue weighted by atomic mass is 16.6. The first-order valence-electron chi connectivity index (χ1n) is 10.1. The van der Waals surface area contributed by atoms with Gasteiger partial charge < -0.3 is 14.6 Å². The van der Waals surface area contributed by atoms with E-state index in [0.29, 0.717) is 24.1 Å². The fourth-order valence-electron chi connectivity index (χ4n) is 3.34. The molecule has 0 aliphatic carbocycles. The largest absolute Gasteiger partial charge is 0.416 e. The number of carbonyl (C=O) groups excluding carboxylic acids is 1. The Morgan fingerprint density at radius 3 is 2.47 bits per heavy atom. The van der Waals surface area contributed by atoms with Gasteiger partial charge in [0, 0.05) is 13.6 Å². The summed E-state index contributed by atoms with van der Waals surface area (Å²) < 4.78 is 7.93. The molecular formula is C23H23N6O3+. The van der Waals surface area contributed by atoms with Crippen molar-refractivity contribution in [2.75, 3.05) is 6.54 Å². The molecule has 32 heavy (non-hydrogen) atoms. The molecule has 2 aromatic heterocycles. The second-order valence-corrected chi connectivity index (χ2v) is 7.30. The Labute approximate surface area is 183 Å². The number of alkyl carbamates (subject to hydrolysis) is 1. The minimum absolute atomic E-state index is 0.0959. The lowest BCUT2D eigenvalue weighted by Gasteiger charge is -2.07. The Kier molecular flexibility index (Phi) is 6.07.